The summed E-state index contributed by atoms with van der Waals surface area (Å²) in [6.07, 6.45) is -3.51. The molecule has 3 nitrogen and oxygen atoms in total. The standard InChI is InChI=1S/C14H19F3N2OS/c1-3-9(2)12(18)13(20)19-10-6-4-5-7-11(10)21-8-14(15,16)17/h4-7,9,12H,3,8,18H2,1-2H3,(H,19,20). The Morgan fingerprint density at radius 1 is 1.38 bits per heavy atom. The average Bonchev–Trinajstić information content (AvgIpc) is 2.43. The van der Waals surface area contributed by atoms with Gasteiger partial charge in [-0.05, 0) is 18.1 Å². The van der Waals surface area contributed by atoms with E-state index in [1.165, 1.54) is 0 Å². The van der Waals surface area contributed by atoms with E-state index in [0.717, 1.165) is 6.42 Å². The minimum absolute atomic E-state index is 0.00000884. The van der Waals surface area contributed by atoms with E-state index in [1.807, 2.05) is 13.8 Å². The largest absolute Gasteiger partial charge is 0.398 e. The van der Waals surface area contributed by atoms with Crippen LogP contribution in [0.1, 0.15) is 20.3 Å². The summed E-state index contributed by atoms with van der Waals surface area (Å²) in [5.74, 6) is -1.39. The maximum Gasteiger partial charge on any atom is 0.398 e. The fourth-order valence-electron chi connectivity index (χ4n) is 1.58. The van der Waals surface area contributed by atoms with Crippen molar-refractivity contribution in [3.63, 3.8) is 0 Å². The zero-order valence-electron chi connectivity index (χ0n) is 11.9. The van der Waals surface area contributed by atoms with Crippen LogP contribution in [0.4, 0.5) is 18.9 Å². The summed E-state index contributed by atoms with van der Waals surface area (Å²) in [7, 11) is 0. The summed E-state index contributed by atoms with van der Waals surface area (Å²) < 4.78 is 36.9. The fourth-order valence-corrected chi connectivity index (χ4v) is 2.35. The molecule has 7 heteroatoms. The normalized spacial score (nSPS) is 14.6. The summed E-state index contributed by atoms with van der Waals surface area (Å²) in [6, 6.07) is 5.71. The highest BCUT2D eigenvalue weighted by molar-refractivity contribution is 7.99. The van der Waals surface area contributed by atoms with Gasteiger partial charge in [0, 0.05) is 4.90 Å². The van der Waals surface area contributed by atoms with E-state index in [0.29, 0.717) is 22.3 Å². The van der Waals surface area contributed by atoms with Gasteiger partial charge in [-0.1, -0.05) is 32.4 Å². The zero-order valence-corrected chi connectivity index (χ0v) is 12.7. The van der Waals surface area contributed by atoms with Crippen molar-refractivity contribution in [2.24, 2.45) is 11.7 Å². The second-order valence-corrected chi connectivity index (χ2v) is 5.82. The van der Waals surface area contributed by atoms with Crippen LogP contribution in [0.5, 0.6) is 0 Å². The number of rotatable bonds is 6. The van der Waals surface area contributed by atoms with Crippen molar-refractivity contribution >= 4 is 23.4 Å². The predicted molar refractivity (Wildman–Crippen MR) is 79.3 cm³/mol. The lowest BCUT2D eigenvalue weighted by atomic mass is 9.99. The van der Waals surface area contributed by atoms with E-state index in [1.54, 1.807) is 24.3 Å². The number of nitrogens with two attached hydrogens (primary N) is 1. The molecular weight excluding hydrogens is 301 g/mol. The van der Waals surface area contributed by atoms with Gasteiger partial charge in [-0.25, -0.2) is 0 Å². The Labute approximate surface area is 126 Å². The van der Waals surface area contributed by atoms with Crippen molar-refractivity contribution in [1.82, 2.24) is 0 Å². The van der Waals surface area contributed by atoms with Crippen LogP contribution in [0, 0.1) is 5.92 Å². The molecule has 0 aliphatic carbocycles. The number of hydrogen-bond donors (Lipinski definition) is 2. The van der Waals surface area contributed by atoms with Crippen LogP contribution in [0.15, 0.2) is 29.2 Å². The Morgan fingerprint density at radius 3 is 2.57 bits per heavy atom. The molecule has 0 radical (unpaired) electrons. The number of halogens is 3. The first kappa shape index (κ1) is 17.8. The number of nitrogens with one attached hydrogen (secondary N) is 1. The average molecular weight is 320 g/mol. The number of thioether (sulfide) groups is 1. The van der Waals surface area contributed by atoms with Gasteiger partial charge in [0.1, 0.15) is 0 Å². The predicted octanol–water partition coefficient (Wildman–Crippen LogP) is 3.65. The number of hydrogen-bond acceptors (Lipinski definition) is 3. The Kier molecular flexibility index (Phi) is 6.54. The molecule has 1 aromatic carbocycles. The smallest absolute Gasteiger partial charge is 0.324 e. The molecule has 1 amide bonds. The molecular formula is C14H19F3N2OS. The lowest BCUT2D eigenvalue weighted by molar-refractivity contribution is -0.118. The van der Waals surface area contributed by atoms with Gasteiger partial charge in [0.05, 0.1) is 17.5 Å². The van der Waals surface area contributed by atoms with Crippen molar-refractivity contribution in [3.8, 4) is 0 Å². The van der Waals surface area contributed by atoms with Crippen molar-refractivity contribution in [3.05, 3.63) is 24.3 Å². The molecule has 3 N–H and O–H groups in total. The molecule has 0 heterocycles. The van der Waals surface area contributed by atoms with Crippen LogP contribution in [-0.4, -0.2) is 23.9 Å². The van der Waals surface area contributed by atoms with Gasteiger partial charge in [0.25, 0.3) is 0 Å². The molecule has 1 rings (SSSR count). The molecule has 2 atom stereocenters. The molecule has 118 valence electrons. The summed E-state index contributed by atoms with van der Waals surface area (Å²) >= 11 is 0.641. The van der Waals surface area contributed by atoms with E-state index in [2.05, 4.69) is 5.32 Å². The maximum absolute atomic E-state index is 12.3. The van der Waals surface area contributed by atoms with Gasteiger partial charge in [-0.15, -0.1) is 11.8 Å². The second kappa shape index (κ2) is 7.70. The molecule has 1 aromatic rings. The lowest BCUT2D eigenvalue weighted by Crippen LogP contribution is -2.40. The minimum atomic E-state index is -4.26. The molecule has 0 bridgehead atoms. The van der Waals surface area contributed by atoms with Crippen LogP contribution in [0.3, 0.4) is 0 Å². The molecule has 0 spiro atoms. The van der Waals surface area contributed by atoms with Crippen LogP contribution >= 0.6 is 11.8 Å². The van der Waals surface area contributed by atoms with Gasteiger partial charge in [0.2, 0.25) is 5.91 Å². The van der Waals surface area contributed by atoms with E-state index in [9.17, 15) is 18.0 Å². The molecule has 21 heavy (non-hydrogen) atoms. The third-order valence-corrected chi connectivity index (χ3v) is 4.23. The third-order valence-electron chi connectivity index (χ3n) is 3.10. The topological polar surface area (TPSA) is 55.1 Å². The highest BCUT2D eigenvalue weighted by Crippen LogP contribution is 2.32. The van der Waals surface area contributed by atoms with E-state index in [4.69, 9.17) is 5.73 Å². The van der Waals surface area contributed by atoms with Crippen molar-refractivity contribution in [2.45, 2.75) is 37.4 Å². The molecule has 0 fully saturated rings. The SMILES string of the molecule is CCC(C)C(N)C(=O)Nc1ccccc1SCC(F)(F)F. The van der Waals surface area contributed by atoms with Crippen LogP contribution in [-0.2, 0) is 4.79 Å². The minimum Gasteiger partial charge on any atom is -0.324 e. The number of para-hydroxylation sites is 1. The number of amides is 1. The summed E-state index contributed by atoms with van der Waals surface area (Å²) in [5.41, 5.74) is 6.17. The molecule has 0 aliphatic rings. The van der Waals surface area contributed by atoms with Crippen molar-refractivity contribution in [2.75, 3.05) is 11.1 Å². The number of alkyl halides is 3. The quantitative estimate of drug-likeness (QED) is 0.787. The first-order chi connectivity index (χ1) is 9.74. The Bertz CT molecular complexity index is 480. The highest BCUT2D eigenvalue weighted by Gasteiger charge is 2.28. The Morgan fingerprint density at radius 2 is 2.00 bits per heavy atom. The zero-order chi connectivity index (χ0) is 16.0. The number of anilines is 1. The molecule has 0 saturated carbocycles. The van der Waals surface area contributed by atoms with Crippen LogP contribution < -0.4 is 11.1 Å². The second-order valence-electron chi connectivity index (χ2n) is 4.80. The van der Waals surface area contributed by atoms with Crippen LogP contribution in [0.2, 0.25) is 0 Å². The monoisotopic (exact) mass is 320 g/mol. The molecule has 2 unspecified atom stereocenters. The summed E-state index contributed by atoms with van der Waals surface area (Å²) in [4.78, 5) is 12.4. The van der Waals surface area contributed by atoms with Gasteiger partial charge in [0.15, 0.2) is 0 Å². The summed E-state index contributed by atoms with van der Waals surface area (Å²) in [5, 5.41) is 2.61. The third kappa shape index (κ3) is 5.97. The fraction of sp³-hybridized carbons (Fsp3) is 0.500. The van der Waals surface area contributed by atoms with Crippen LogP contribution in [0.25, 0.3) is 0 Å². The van der Waals surface area contributed by atoms with Gasteiger partial charge in [-0.2, -0.15) is 13.2 Å². The van der Waals surface area contributed by atoms with Crippen molar-refractivity contribution < 1.29 is 18.0 Å². The van der Waals surface area contributed by atoms with Gasteiger partial charge < -0.3 is 11.1 Å². The summed E-state index contributed by atoms with van der Waals surface area (Å²) in [6.45, 7) is 3.78. The molecule has 0 saturated heterocycles. The first-order valence-electron chi connectivity index (χ1n) is 6.59. The lowest BCUT2D eigenvalue weighted by Gasteiger charge is -2.19. The van der Waals surface area contributed by atoms with E-state index < -0.39 is 18.0 Å². The van der Waals surface area contributed by atoms with Gasteiger partial charge >= 0.3 is 6.18 Å². The van der Waals surface area contributed by atoms with Crippen molar-refractivity contribution in [1.29, 1.82) is 0 Å². The molecule has 0 aliphatic heterocycles. The number of carbonyl (C=O) groups is 1. The van der Waals surface area contributed by atoms with E-state index in [-0.39, 0.29) is 11.8 Å². The molecule has 0 aromatic heterocycles. The first-order valence-corrected chi connectivity index (χ1v) is 7.58. The number of benzene rings is 1. The highest BCUT2D eigenvalue weighted by atomic mass is 32.2. The van der Waals surface area contributed by atoms with Gasteiger partial charge in [-0.3, -0.25) is 4.79 Å². The number of carbonyl (C=O) groups excluding carboxylic acids is 1. The maximum atomic E-state index is 12.3. The Hall–Kier alpha value is -1.21. The Balaban J connectivity index is 2.77. The van der Waals surface area contributed by atoms with E-state index >= 15 is 0 Å².